The average Bonchev–Trinajstić information content (AvgIpc) is 3.07. The number of nitrogens with one attached hydrogen (secondary N) is 1. The fourth-order valence-electron chi connectivity index (χ4n) is 2.68. The Morgan fingerprint density at radius 3 is 3.00 bits per heavy atom. The number of hydrogen-bond acceptors (Lipinski definition) is 4. The summed E-state index contributed by atoms with van der Waals surface area (Å²) in [4.78, 5) is 27.2. The van der Waals surface area contributed by atoms with Crippen molar-refractivity contribution in [2.24, 2.45) is 0 Å². The van der Waals surface area contributed by atoms with E-state index in [4.69, 9.17) is 5.11 Å². The van der Waals surface area contributed by atoms with Crippen LogP contribution in [0.2, 0.25) is 0 Å². The number of likely N-dealkylation sites (N-methyl/N-ethyl adjacent to an activating group) is 2. The summed E-state index contributed by atoms with van der Waals surface area (Å²) in [6.07, 6.45) is 2.27. The molecule has 1 aromatic heterocycles. The van der Waals surface area contributed by atoms with Gasteiger partial charge in [0.05, 0.1) is 5.56 Å². The van der Waals surface area contributed by atoms with Crippen LogP contribution in [0.1, 0.15) is 30.1 Å². The Balaban J connectivity index is 1.93. The van der Waals surface area contributed by atoms with Crippen molar-refractivity contribution in [2.45, 2.75) is 25.8 Å². The molecule has 1 fully saturated rings. The quantitative estimate of drug-likeness (QED) is 0.876. The summed E-state index contributed by atoms with van der Waals surface area (Å²) in [5.74, 6) is -1.03. The maximum atomic E-state index is 12.2. The summed E-state index contributed by atoms with van der Waals surface area (Å²) in [6.45, 7) is 4.87. The third kappa shape index (κ3) is 3.74. The number of urea groups is 1. The molecule has 2 rings (SSSR count). The molecule has 7 heteroatoms. The molecule has 0 bridgehead atoms. The molecule has 0 saturated carbocycles. The number of amides is 2. The van der Waals surface area contributed by atoms with Crippen LogP contribution in [-0.2, 0) is 0 Å². The lowest BCUT2D eigenvalue weighted by atomic mass is 10.2. The number of carbonyl (C=O) groups excluding carboxylic acids is 1. The van der Waals surface area contributed by atoms with Crippen molar-refractivity contribution in [3.05, 3.63) is 17.0 Å². The van der Waals surface area contributed by atoms with Gasteiger partial charge in [0, 0.05) is 19.6 Å². The number of likely N-dealkylation sites (tertiary alicyclic amines) is 1. The third-order valence-electron chi connectivity index (χ3n) is 3.85. The first kappa shape index (κ1) is 15.8. The number of anilines is 1. The van der Waals surface area contributed by atoms with E-state index in [0.717, 1.165) is 19.5 Å². The molecule has 1 aliphatic heterocycles. The largest absolute Gasteiger partial charge is 0.478 e. The van der Waals surface area contributed by atoms with Gasteiger partial charge in [0.2, 0.25) is 0 Å². The van der Waals surface area contributed by atoms with Gasteiger partial charge >= 0.3 is 12.0 Å². The van der Waals surface area contributed by atoms with Crippen LogP contribution in [0, 0.1) is 0 Å². The van der Waals surface area contributed by atoms with Crippen molar-refractivity contribution in [1.82, 2.24) is 9.80 Å². The molecular weight excluding hydrogens is 290 g/mol. The van der Waals surface area contributed by atoms with E-state index in [1.54, 1.807) is 17.3 Å². The number of hydrogen-bond donors (Lipinski definition) is 2. The van der Waals surface area contributed by atoms with E-state index in [1.807, 2.05) is 0 Å². The number of aromatic carboxylic acids is 1. The van der Waals surface area contributed by atoms with Gasteiger partial charge in [-0.3, -0.25) is 10.2 Å². The zero-order chi connectivity index (χ0) is 15.4. The van der Waals surface area contributed by atoms with Crippen molar-refractivity contribution >= 4 is 28.3 Å². The molecule has 1 aliphatic rings. The zero-order valence-electron chi connectivity index (χ0n) is 12.3. The van der Waals surface area contributed by atoms with Crippen LogP contribution in [0.15, 0.2) is 11.4 Å². The Hall–Kier alpha value is -1.60. The highest BCUT2D eigenvalue weighted by molar-refractivity contribution is 7.14. The Bertz CT molecular complexity index is 517. The molecule has 1 atom stereocenters. The van der Waals surface area contributed by atoms with Crippen LogP contribution in [0.25, 0.3) is 0 Å². The molecule has 1 unspecified atom stereocenters. The lowest BCUT2D eigenvalue weighted by Gasteiger charge is -2.27. The van der Waals surface area contributed by atoms with Gasteiger partial charge in [-0.25, -0.2) is 9.59 Å². The maximum Gasteiger partial charge on any atom is 0.338 e. The van der Waals surface area contributed by atoms with Crippen molar-refractivity contribution in [3.63, 3.8) is 0 Å². The smallest absolute Gasteiger partial charge is 0.338 e. The van der Waals surface area contributed by atoms with E-state index >= 15 is 0 Å². The van der Waals surface area contributed by atoms with Gasteiger partial charge in [-0.1, -0.05) is 6.92 Å². The van der Waals surface area contributed by atoms with Crippen LogP contribution in [0.3, 0.4) is 0 Å². The van der Waals surface area contributed by atoms with Gasteiger partial charge in [-0.15, -0.1) is 11.3 Å². The maximum absolute atomic E-state index is 12.2. The fourth-order valence-corrected chi connectivity index (χ4v) is 3.45. The highest BCUT2D eigenvalue weighted by atomic mass is 32.1. The minimum atomic E-state index is -1.03. The lowest BCUT2D eigenvalue weighted by molar-refractivity contribution is 0.0698. The first-order valence-electron chi connectivity index (χ1n) is 7.09. The molecule has 6 nitrogen and oxygen atoms in total. The Morgan fingerprint density at radius 2 is 2.33 bits per heavy atom. The molecule has 21 heavy (non-hydrogen) atoms. The van der Waals surface area contributed by atoms with E-state index in [1.165, 1.54) is 23.8 Å². The summed E-state index contributed by atoms with van der Waals surface area (Å²) in [6, 6.07) is 1.63. The normalized spacial score (nSPS) is 18.7. The molecule has 2 N–H and O–H groups in total. The second-order valence-electron chi connectivity index (χ2n) is 5.20. The minimum absolute atomic E-state index is 0.137. The molecule has 116 valence electrons. The predicted octanol–water partition coefficient (Wildman–Crippen LogP) is 2.39. The number of carboxylic acids is 1. The van der Waals surface area contributed by atoms with Gasteiger partial charge < -0.3 is 10.0 Å². The summed E-state index contributed by atoms with van der Waals surface area (Å²) in [5.41, 5.74) is 0.137. The molecular formula is C14H21N3O3S. The number of carbonyl (C=O) groups is 2. The zero-order valence-corrected chi connectivity index (χ0v) is 13.2. The van der Waals surface area contributed by atoms with Gasteiger partial charge in [0.25, 0.3) is 0 Å². The fraction of sp³-hybridized carbons (Fsp3) is 0.571. The summed E-state index contributed by atoms with van der Waals surface area (Å²) in [7, 11) is 1.75. The molecule has 2 amide bonds. The Morgan fingerprint density at radius 1 is 1.57 bits per heavy atom. The number of carboxylic acid groups (broad SMARTS) is 1. The van der Waals surface area contributed by atoms with E-state index < -0.39 is 5.97 Å². The predicted molar refractivity (Wildman–Crippen MR) is 83.2 cm³/mol. The monoisotopic (exact) mass is 311 g/mol. The van der Waals surface area contributed by atoms with Gasteiger partial charge in [-0.2, -0.15) is 0 Å². The van der Waals surface area contributed by atoms with Gasteiger partial charge in [-0.05, 0) is 37.4 Å². The highest BCUT2D eigenvalue weighted by Gasteiger charge is 2.26. The van der Waals surface area contributed by atoms with E-state index in [9.17, 15) is 9.59 Å². The molecule has 2 heterocycles. The standard InChI is InChI=1S/C14H21N3O3S/c1-3-17-7-4-5-10(17)9-16(2)14(20)15-12-11(13(18)19)6-8-21-12/h6,8,10H,3-5,7,9H2,1-2H3,(H,15,20)(H,18,19). The SMILES string of the molecule is CCN1CCCC1CN(C)C(=O)Nc1sccc1C(=O)O. The molecule has 1 saturated heterocycles. The lowest BCUT2D eigenvalue weighted by Crippen LogP contribution is -2.42. The van der Waals surface area contributed by atoms with Crippen molar-refractivity contribution < 1.29 is 14.7 Å². The average molecular weight is 311 g/mol. The highest BCUT2D eigenvalue weighted by Crippen LogP contribution is 2.24. The minimum Gasteiger partial charge on any atom is -0.478 e. The second-order valence-corrected chi connectivity index (χ2v) is 6.12. The first-order chi connectivity index (χ1) is 10.0. The van der Waals surface area contributed by atoms with Crippen LogP contribution >= 0.6 is 11.3 Å². The van der Waals surface area contributed by atoms with Gasteiger partial charge in [0.15, 0.2) is 0 Å². The van der Waals surface area contributed by atoms with Crippen LogP contribution in [0.5, 0.6) is 0 Å². The number of nitrogens with zero attached hydrogens (tertiary/aromatic N) is 2. The summed E-state index contributed by atoms with van der Waals surface area (Å²) in [5, 5.41) is 13.8. The van der Waals surface area contributed by atoms with E-state index in [0.29, 0.717) is 17.6 Å². The van der Waals surface area contributed by atoms with Crippen LogP contribution < -0.4 is 5.32 Å². The summed E-state index contributed by atoms with van der Waals surface area (Å²) >= 11 is 1.22. The van der Waals surface area contributed by atoms with Crippen molar-refractivity contribution in [3.8, 4) is 0 Å². The molecule has 1 aromatic rings. The second kappa shape index (κ2) is 6.91. The summed E-state index contributed by atoms with van der Waals surface area (Å²) < 4.78 is 0. The van der Waals surface area contributed by atoms with Crippen molar-refractivity contribution in [2.75, 3.05) is 32.0 Å². The first-order valence-corrected chi connectivity index (χ1v) is 7.97. The third-order valence-corrected chi connectivity index (χ3v) is 4.68. The topological polar surface area (TPSA) is 72.9 Å². The molecule has 0 aliphatic carbocycles. The molecule has 0 spiro atoms. The number of thiophene rings is 1. The Kier molecular flexibility index (Phi) is 5.19. The van der Waals surface area contributed by atoms with Crippen LogP contribution in [-0.4, -0.2) is 59.6 Å². The van der Waals surface area contributed by atoms with E-state index in [-0.39, 0.29) is 11.6 Å². The molecule has 0 radical (unpaired) electrons. The van der Waals surface area contributed by atoms with Crippen LogP contribution in [0.4, 0.5) is 9.80 Å². The molecule has 0 aromatic carbocycles. The Labute approximate surface area is 128 Å². The van der Waals surface area contributed by atoms with E-state index in [2.05, 4.69) is 17.1 Å². The van der Waals surface area contributed by atoms with Crippen molar-refractivity contribution in [1.29, 1.82) is 0 Å². The van der Waals surface area contributed by atoms with Gasteiger partial charge in [0.1, 0.15) is 5.00 Å². The number of rotatable bonds is 5.